The van der Waals surface area contributed by atoms with Crippen LogP contribution in [0.5, 0.6) is 0 Å². The molecular weight excluding hydrogens is 280 g/mol. The monoisotopic (exact) mass is 300 g/mol. The molecule has 2 rings (SSSR count). The van der Waals surface area contributed by atoms with Crippen LogP contribution in [0.25, 0.3) is 0 Å². The minimum Gasteiger partial charge on any atom is -0.368 e. The van der Waals surface area contributed by atoms with Crippen LogP contribution >= 0.6 is 11.6 Å². The number of benzene rings is 1. The van der Waals surface area contributed by atoms with Crippen LogP contribution in [0.1, 0.15) is 18.9 Å². The van der Waals surface area contributed by atoms with Gasteiger partial charge in [0.2, 0.25) is 0 Å². The number of halogens is 1. The molecule has 2 N–H and O–H groups in total. The van der Waals surface area contributed by atoms with Crippen molar-refractivity contribution in [2.45, 2.75) is 25.8 Å². The number of nitrogens with two attached hydrogens (primary N) is 1. The van der Waals surface area contributed by atoms with Gasteiger partial charge < -0.3 is 10.6 Å². The first kappa shape index (κ1) is 14.8. The van der Waals surface area contributed by atoms with Crippen molar-refractivity contribution in [1.82, 2.24) is 0 Å². The Kier molecular flexibility index (Phi) is 5.25. The highest BCUT2D eigenvalue weighted by Gasteiger charge is 2.20. The molecule has 1 aromatic carbocycles. The van der Waals surface area contributed by atoms with E-state index < -0.39 is 10.8 Å². The second-order valence-electron chi connectivity index (χ2n) is 4.96. The predicted molar refractivity (Wildman–Crippen MR) is 83.5 cm³/mol. The fraction of sp³-hybridized carbons (Fsp3) is 0.571. The molecule has 0 bridgehead atoms. The van der Waals surface area contributed by atoms with E-state index in [-0.39, 0.29) is 6.04 Å². The van der Waals surface area contributed by atoms with Crippen LogP contribution < -0.4 is 10.6 Å². The third kappa shape index (κ3) is 3.71. The Morgan fingerprint density at radius 1 is 1.42 bits per heavy atom. The molecule has 1 aliphatic heterocycles. The van der Waals surface area contributed by atoms with Crippen molar-refractivity contribution < 1.29 is 4.21 Å². The maximum absolute atomic E-state index is 11.5. The molecule has 0 amide bonds. The van der Waals surface area contributed by atoms with Gasteiger partial charge in [0, 0.05) is 41.4 Å². The lowest BCUT2D eigenvalue weighted by Gasteiger charge is -2.31. The first-order valence-corrected chi connectivity index (χ1v) is 8.61. The first-order chi connectivity index (χ1) is 9.11. The van der Waals surface area contributed by atoms with Crippen LogP contribution in [-0.2, 0) is 17.2 Å². The number of hydrogen-bond donors (Lipinski definition) is 1. The lowest BCUT2D eigenvalue weighted by atomic mass is 10.0. The lowest BCUT2D eigenvalue weighted by molar-refractivity contribution is 0.643. The average Bonchev–Trinajstić information content (AvgIpc) is 2.40. The fourth-order valence-corrected chi connectivity index (χ4v) is 3.73. The molecule has 0 spiro atoms. The maximum Gasteiger partial charge on any atom is 0.0642 e. The van der Waals surface area contributed by atoms with E-state index >= 15 is 0 Å². The summed E-state index contributed by atoms with van der Waals surface area (Å²) in [5.74, 6) is 1.45. The summed E-state index contributed by atoms with van der Waals surface area (Å²) in [6.07, 6.45) is 1.79. The highest BCUT2D eigenvalue weighted by atomic mass is 35.5. The highest BCUT2D eigenvalue weighted by molar-refractivity contribution is 7.85. The summed E-state index contributed by atoms with van der Waals surface area (Å²) in [6.45, 7) is 3.72. The highest BCUT2D eigenvalue weighted by Crippen LogP contribution is 2.31. The molecule has 1 aliphatic rings. The van der Waals surface area contributed by atoms with Gasteiger partial charge in [0.25, 0.3) is 0 Å². The van der Waals surface area contributed by atoms with Crippen molar-refractivity contribution in [3.8, 4) is 0 Å². The molecule has 0 saturated carbocycles. The molecule has 19 heavy (non-hydrogen) atoms. The maximum atomic E-state index is 11.5. The molecule has 106 valence electrons. The third-order valence-electron chi connectivity index (χ3n) is 3.57. The molecule has 0 radical (unpaired) electrons. The Balaban J connectivity index is 2.24. The van der Waals surface area contributed by atoms with Gasteiger partial charge in [-0.05, 0) is 24.5 Å². The van der Waals surface area contributed by atoms with Gasteiger partial charge in [0.15, 0.2) is 0 Å². The standard InChI is InChI=1S/C14H21ClN2OS/c1-2-12(16)10-11-4-3-5-13(15)14(11)17-6-8-19(18)9-7-17/h3-5,12H,2,6-10,16H2,1H3. The number of nitrogens with zero attached hydrogens (tertiary/aromatic N) is 1. The molecule has 1 aromatic rings. The first-order valence-electron chi connectivity index (χ1n) is 6.74. The van der Waals surface area contributed by atoms with E-state index in [2.05, 4.69) is 17.9 Å². The minimum atomic E-state index is -0.670. The van der Waals surface area contributed by atoms with Crippen LogP contribution in [0.2, 0.25) is 5.02 Å². The molecule has 5 heteroatoms. The second kappa shape index (κ2) is 6.73. The zero-order chi connectivity index (χ0) is 13.8. The average molecular weight is 301 g/mol. The van der Waals surface area contributed by atoms with Gasteiger partial charge in [-0.3, -0.25) is 4.21 Å². The molecule has 3 nitrogen and oxygen atoms in total. The van der Waals surface area contributed by atoms with Gasteiger partial charge in [-0.2, -0.15) is 0 Å². The van der Waals surface area contributed by atoms with E-state index in [0.29, 0.717) is 0 Å². The Hall–Kier alpha value is -0.580. The van der Waals surface area contributed by atoms with Crippen LogP contribution in [-0.4, -0.2) is 34.8 Å². The molecule has 1 atom stereocenters. The van der Waals surface area contributed by atoms with Gasteiger partial charge in [-0.15, -0.1) is 0 Å². The van der Waals surface area contributed by atoms with Crippen molar-refractivity contribution in [3.05, 3.63) is 28.8 Å². The summed E-state index contributed by atoms with van der Waals surface area (Å²) in [5.41, 5.74) is 8.36. The van der Waals surface area contributed by atoms with Gasteiger partial charge in [-0.25, -0.2) is 0 Å². The summed E-state index contributed by atoms with van der Waals surface area (Å²) in [4.78, 5) is 2.25. The number of hydrogen-bond acceptors (Lipinski definition) is 3. The van der Waals surface area contributed by atoms with Gasteiger partial charge in [-0.1, -0.05) is 30.7 Å². The van der Waals surface area contributed by atoms with Crippen LogP contribution in [0, 0.1) is 0 Å². The van der Waals surface area contributed by atoms with Crippen molar-refractivity contribution in [3.63, 3.8) is 0 Å². The van der Waals surface area contributed by atoms with E-state index in [1.165, 1.54) is 5.56 Å². The number of rotatable bonds is 4. The van der Waals surface area contributed by atoms with Crippen molar-refractivity contribution in [1.29, 1.82) is 0 Å². The van der Waals surface area contributed by atoms with E-state index in [1.54, 1.807) is 0 Å². The van der Waals surface area contributed by atoms with E-state index in [0.717, 1.165) is 48.1 Å². The number of anilines is 1. The Morgan fingerprint density at radius 3 is 2.74 bits per heavy atom. The summed E-state index contributed by atoms with van der Waals surface area (Å²) in [7, 11) is -0.670. The molecule has 1 saturated heterocycles. The van der Waals surface area contributed by atoms with E-state index in [4.69, 9.17) is 17.3 Å². The normalized spacial score (nSPS) is 18.6. The van der Waals surface area contributed by atoms with E-state index in [1.807, 2.05) is 12.1 Å². The Labute approximate surface area is 122 Å². The molecule has 1 heterocycles. The SMILES string of the molecule is CCC(N)Cc1cccc(Cl)c1N1CCS(=O)CC1. The lowest BCUT2D eigenvalue weighted by Crippen LogP contribution is -2.38. The molecular formula is C14H21ClN2OS. The van der Waals surface area contributed by atoms with Crippen LogP contribution in [0.4, 0.5) is 5.69 Å². The fourth-order valence-electron chi connectivity index (χ4n) is 2.37. The Bertz CT molecular complexity index is 457. The zero-order valence-electron chi connectivity index (χ0n) is 11.3. The van der Waals surface area contributed by atoms with Gasteiger partial charge in [0.05, 0.1) is 10.7 Å². The minimum absolute atomic E-state index is 0.163. The van der Waals surface area contributed by atoms with Crippen LogP contribution in [0.3, 0.4) is 0 Å². The number of para-hydroxylation sites is 1. The smallest absolute Gasteiger partial charge is 0.0642 e. The largest absolute Gasteiger partial charge is 0.368 e. The summed E-state index contributed by atoms with van der Waals surface area (Å²) in [5, 5.41) is 0.772. The summed E-state index contributed by atoms with van der Waals surface area (Å²) >= 11 is 6.37. The van der Waals surface area contributed by atoms with Crippen molar-refractivity contribution in [2.75, 3.05) is 29.5 Å². The zero-order valence-corrected chi connectivity index (χ0v) is 12.8. The van der Waals surface area contributed by atoms with Crippen molar-refractivity contribution >= 4 is 28.1 Å². The topological polar surface area (TPSA) is 46.3 Å². The Morgan fingerprint density at radius 2 is 2.11 bits per heavy atom. The van der Waals surface area contributed by atoms with E-state index in [9.17, 15) is 4.21 Å². The van der Waals surface area contributed by atoms with Crippen LogP contribution in [0.15, 0.2) is 18.2 Å². The third-order valence-corrected chi connectivity index (χ3v) is 5.15. The molecule has 1 unspecified atom stereocenters. The molecule has 0 aromatic heterocycles. The van der Waals surface area contributed by atoms with Gasteiger partial charge in [0.1, 0.15) is 0 Å². The molecule has 1 fully saturated rings. The molecule has 0 aliphatic carbocycles. The predicted octanol–water partition coefficient (Wildman–Crippen LogP) is 2.19. The second-order valence-corrected chi connectivity index (χ2v) is 7.06. The summed E-state index contributed by atoms with van der Waals surface area (Å²) in [6, 6.07) is 6.16. The summed E-state index contributed by atoms with van der Waals surface area (Å²) < 4.78 is 11.5. The van der Waals surface area contributed by atoms with Gasteiger partial charge >= 0.3 is 0 Å². The van der Waals surface area contributed by atoms with Crippen molar-refractivity contribution in [2.24, 2.45) is 5.73 Å². The quantitative estimate of drug-likeness (QED) is 0.927.